The maximum atomic E-state index is 12.2. The molecule has 0 radical (unpaired) electrons. The molecule has 1 heterocycles. The van der Waals surface area contributed by atoms with E-state index in [9.17, 15) is 14.9 Å². The van der Waals surface area contributed by atoms with Gasteiger partial charge in [0.15, 0.2) is 5.56 Å². The number of nitrogens with one attached hydrogen (secondary N) is 1. The maximum absolute atomic E-state index is 12.2. The van der Waals surface area contributed by atoms with E-state index >= 15 is 0 Å². The van der Waals surface area contributed by atoms with Crippen LogP contribution in [0.2, 0.25) is 0 Å². The van der Waals surface area contributed by atoms with Crippen LogP contribution in [0.15, 0.2) is 33.9 Å². The summed E-state index contributed by atoms with van der Waals surface area (Å²) < 4.78 is 2.26. The van der Waals surface area contributed by atoms with Crippen molar-refractivity contribution in [3.05, 3.63) is 61.8 Å². The average Bonchev–Trinajstić information content (AvgIpc) is 2.55. The van der Waals surface area contributed by atoms with Gasteiger partial charge in [-0.2, -0.15) is 5.26 Å². The van der Waals surface area contributed by atoms with Crippen molar-refractivity contribution in [2.45, 2.75) is 26.8 Å². The zero-order valence-corrected chi connectivity index (χ0v) is 14.6. The van der Waals surface area contributed by atoms with Crippen LogP contribution in [-0.2, 0) is 14.1 Å². The quantitative estimate of drug-likeness (QED) is 0.933. The van der Waals surface area contributed by atoms with Crippen molar-refractivity contribution in [1.29, 1.82) is 5.26 Å². The molecule has 2 rings (SSSR count). The summed E-state index contributed by atoms with van der Waals surface area (Å²) >= 11 is 0. The van der Waals surface area contributed by atoms with Crippen LogP contribution in [0.5, 0.6) is 0 Å². The standard InChI is InChI=1S/C18H22N4O2/c1-11(2)15(13-9-7-6-8-12(13)3)20-16-14(10-19)17(23)22(5)18(24)21(16)4/h6-9,11,15,20H,1-5H3. The van der Waals surface area contributed by atoms with Crippen LogP contribution in [0.25, 0.3) is 0 Å². The van der Waals surface area contributed by atoms with Gasteiger partial charge in [0.2, 0.25) is 0 Å². The van der Waals surface area contributed by atoms with Crippen molar-refractivity contribution in [3.8, 4) is 6.07 Å². The largest absolute Gasteiger partial charge is 0.363 e. The molecule has 0 aliphatic rings. The van der Waals surface area contributed by atoms with E-state index in [4.69, 9.17) is 0 Å². The number of rotatable bonds is 4. The zero-order chi connectivity index (χ0) is 18.0. The number of aryl methyl sites for hydroxylation is 1. The normalized spacial score (nSPS) is 12.0. The van der Waals surface area contributed by atoms with Crippen molar-refractivity contribution >= 4 is 5.82 Å². The molecule has 2 aromatic rings. The van der Waals surface area contributed by atoms with Crippen LogP contribution in [0, 0.1) is 24.2 Å². The molecule has 0 spiro atoms. The fraction of sp³-hybridized carbons (Fsp3) is 0.389. The smallest absolute Gasteiger partial charge is 0.332 e. The number of nitrogens with zero attached hydrogens (tertiary/aromatic N) is 3. The lowest BCUT2D eigenvalue weighted by Crippen LogP contribution is -2.40. The van der Waals surface area contributed by atoms with E-state index in [-0.39, 0.29) is 23.3 Å². The minimum atomic E-state index is -0.588. The molecule has 0 fully saturated rings. The molecule has 1 unspecified atom stereocenters. The highest BCUT2D eigenvalue weighted by atomic mass is 16.2. The van der Waals surface area contributed by atoms with E-state index < -0.39 is 11.2 Å². The number of benzene rings is 1. The van der Waals surface area contributed by atoms with E-state index in [1.54, 1.807) is 7.05 Å². The molecule has 24 heavy (non-hydrogen) atoms. The highest BCUT2D eigenvalue weighted by Crippen LogP contribution is 2.28. The fourth-order valence-electron chi connectivity index (χ4n) is 2.80. The molecular weight excluding hydrogens is 304 g/mol. The van der Waals surface area contributed by atoms with Crippen LogP contribution in [0.4, 0.5) is 5.82 Å². The molecule has 1 N–H and O–H groups in total. The molecule has 1 atom stereocenters. The van der Waals surface area contributed by atoms with E-state index in [0.717, 1.165) is 15.7 Å². The third kappa shape index (κ3) is 2.98. The van der Waals surface area contributed by atoms with Gasteiger partial charge in [-0.25, -0.2) is 4.79 Å². The number of hydrogen-bond acceptors (Lipinski definition) is 4. The topological polar surface area (TPSA) is 79.8 Å². The molecule has 126 valence electrons. The summed E-state index contributed by atoms with van der Waals surface area (Å²) in [4.78, 5) is 24.4. The van der Waals surface area contributed by atoms with Crippen molar-refractivity contribution in [3.63, 3.8) is 0 Å². The summed E-state index contributed by atoms with van der Waals surface area (Å²) in [6, 6.07) is 9.74. The summed E-state index contributed by atoms with van der Waals surface area (Å²) in [6.07, 6.45) is 0. The van der Waals surface area contributed by atoms with Crippen LogP contribution in [0.3, 0.4) is 0 Å². The maximum Gasteiger partial charge on any atom is 0.332 e. The molecule has 0 saturated carbocycles. The molecule has 0 aliphatic heterocycles. The van der Waals surface area contributed by atoms with Gasteiger partial charge in [0.05, 0.1) is 6.04 Å². The van der Waals surface area contributed by atoms with Crippen molar-refractivity contribution in [2.75, 3.05) is 5.32 Å². The van der Waals surface area contributed by atoms with E-state index in [1.807, 2.05) is 37.3 Å². The van der Waals surface area contributed by atoms with Gasteiger partial charge in [-0.15, -0.1) is 0 Å². The second-order valence-corrected chi connectivity index (χ2v) is 6.26. The van der Waals surface area contributed by atoms with Gasteiger partial charge in [-0.1, -0.05) is 38.1 Å². The summed E-state index contributed by atoms with van der Waals surface area (Å²) in [5.41, 5.74) is 1.07. The Morgan fingerprint density at radius 2 is 1.75 bits per heavy atom. The molecule has 6 heteroatoms. The predicted octanol–water partition coefficient (Wildman–Crippen LogP) is 2.07. The number of aromatic nitrogens is 2. The SMILES string of the molecule is Cc1ccccc1C(Nc1c(C#N)c(=O)n(C)c(=O)n1C)C(C)C. The Hall–Kier alpha value is -2.81. The lowest BCUT2D eigenvalue weighted by Gasteiger charge is -2.27. The third-order valence-corrected chi connectivity index (χ3v) is 4.26. The van der Waals surface area contributed by atoms with Crippen LogP contribution < -0.4 is 16.6 Å². The molecule has 1 aromatic carbocycles. The van der Waals surface area contributed by atoms with E-state index in [0.29, 0.717) is 0 Å². The van der Waals surface area contributed by atoms with Gasteiger partial charge in [-0.05, 0) is 24.0 Å². The third-order valence-electron chi connectivity index (χ3n) is 4.26. The minimum Gasteiger partial charge on any atom is -0.363 e. The molecule has 0 aliphatic carbocycles. The number of anilines is 1. The highest BCUT2D eigenvalue weighted by Gasteiger charge is 2.22. The molecule has 0 amide bonds. The minimum absolute atomic E-state index is 0.0566. The van der Waals surface area contributed by atoms with Crippen molar-refractivity contribution in [1.82, 2.24) is 9.13 Å². The van der Waals surface area contributed by atoms with Crippen LogP contribution >= 0.6 is 0 Å². The fourth-order valence-corrected chi connectivity index (χ4v) is 2.80. The van der Waals surface area contributed by atoms with Gasteiger partial charge in [0.1, 0.15) is 11.9 Å². The first-order valence-electron chi connectivity index (χ1n) is 7.81. The number of nitriles is 1. The van der Waals surface area contributed by atoms with Gasteiger partial charge in [0, 0.05) is 14.1 Å². The molecule has 1 aromatic heterocycles. The molecule has 6 nitrogen and oxygen atoms in total. The zero-order valence-electron chi connectivity index (χ0n) is 14.6. The Morgan fingerprint density at radius 1 is 1.12 bits per heavy atom. The number of hydrogen-bond donors (Lipinski definition) is 1. The monoisotopic (exact) mass is 326 g/mol. The van der Waals surface area contributed by atoms with Crippen LogP contribution in [0.1, 0.15) is 36.6 Å². The summed E-state index contributed by atoms with van der Waals surface area (Å²) in [6.45, 7) is 6.12. The lowest BCUT2D eigenvalue weighted by atomic mass is 9.92. The van der Waals surface area contributed by atoms with Gasteiger partial charge < -0.3 is 5.32 Å². The molecule has 0 saturated heterocycles. The first-order chi connectivity index (χ1) is 11.3. The first kappa shape index (κ1) is 17.5. The van der Waals surface area contributed by atoms with E-state index in [2.05, 4.69) is 19.2 Å². The summed E-state index contributed by atoms with van der Waals surface area (Å²) in [7, 11) is 2.93. The lowest BCUT2D eigenvalue weighted by molar-refractivity contribution is 0.536. The second kappa shape index (κ2) is 6.75. The highest BCUT2D eigenvalue weighted by molar-refractivity contribution is 5.53. The van der Waals surface area contributed by atoms with Gasteiger partial charge in [-0.3, -0.25) is 13.9 Å². The Morgan fingerprint density at radius 3 is 2.29 bits per heavy atom. The van der Waals surface area contributed by atoms with Crippen molar-refractivity contribution in [2.24, 2.45) is 20.0 Å². The van der Waals surface area contributed by atoms with Gasteiger partial charge in [0.25, 0.3) is 5.56 Å². The van der Waals surface area contributed by atoms with Gasteiger partial charge >= 0.3 is 5.69 Å². The predicted molar refractivity (Wildman–Crippen MR) is 94.0 cm³/mol. The Bertz CT molecular complexity index is 916. The second-order valence-electron chi connectivity index (χ2n) is 6.26. The molecular formula is C18H22N4O2. The average molecular weight is 326 g/mol. The Labute approximate surface area is 141 Å². The first-order valence-corrected chi connectivity index (χ1v) is 7.81. The molecule has 0 bridgehead atoms. The van der Waals surface area contributed by atoms with E-state index in [1.165, 1.54) is 11.6 Å². The Kier molecular flexibility index (Phi) is 4.93. The van der Waals surface area contributed by atoms with Crippen molar-refractivity contribution < 1.29 is 0 Å². The summed E-state index contributed by atoms with van der Waals surface area (Å²) in [5, 5.41) is 12.7. The summed E-state index contributed by atoms with van der Waals surface area (Å²) in [5.74, 6) is 0.448. The Balaban J connectivity index is 2.65. The van der Waals surface area contributed by atoms with Crippen LogP contribution in [-0.4, -0.2) is 9.13 Å².